The van der Waals surface area contributed by atoms with Crippen molar-refractivity contribution in [3.63, 3.8) is 0 Å². The summed E-state index contributed by atoms with van der Waals surface area (Å²) in [6.45, 7) is 0. The van der Waals surface area contributed by atoms with Crippen LogP contribution in [-0.2, 0) is 0 Å². The summed E-state index contributed by atoms with van der Waals surface area (Å²) in [6, 6.07) is 7.69. The Bertz CT molecular complexity index is 493. The topological polar surface area (TPSA) is 56.0 Å². The van der Waals surface area contributed by atoms with E-state index in [1.807, 2.05) is 0 Å². The SMILES string of the molecule is Nc1cccc(C(=O)c2cncc(F)c2)c1. The number of anilines is 1. The lowest BCUT2D eigenvalue weighted by Gasteiger charge is -2.01. The summed E-state index contributed by atoms with van der Waals surface area (Å²) in [5, 5.41) is 0. The first-order chi connectivity index (χ1) is 7.66. The van der Waals surface area contributed by atoms with E-state index in [0.29, 0.717) is 11.3 Å². The van der Waals surface area contributed by atoms with Crippen LogP contribution in [-0.4, -0.2) is 10.8 Å². The molecule has 80 valence electrons. The number of pyridine rings is 1. The molecule has 0 saturated carbocycles. The fraction of sp³-hybridized carbons (Fsp3) is 0. The summed E-state index contributed by atoms with van der Waals surface area (Å²) < 4.78 is 12.9. The first-order valence-electron chi connectivity index (χ1n) is 4.67. The van der Waals surface area contributed by atoms with Crippen LogP contribution in [0.5, 0.6) is 0 Å². The van der Waals surface area contributed by atoms with E-state index in [9.17, 15) is 9.18 Å². The molecule has 2 N–H and O–H groups in total. The molecule has 0 fully saturated rings. The number of rotatable bonds is 2. The van der Waals surface area contributed by atoms with E-state index in [1.165, 1.54) is 6.20 Å². The highest BCUT2D eigenvalue weighted by molar-refractivity contribution is 6.09. The summed E-state index contributed by atoms with van der Waals surface area (Å²) in [7, 11) is 0. The fourth-order valence-corrected chi connectivity index (χ4v) is 1.38. The molecule has 0 aliphatic carbocycles. The van der Waals surface area contributed by atoms with E-state index >= 15 is 0 Å². The highest BCUT2D eigenvalue weighted by atomic mass is 19.1. The molecule has 1 aromatic carbocycles. The van der Waals surface area contributed by atoms with Gasteiger partial charge in [0.15, 0.2) is 5.78 Å². The Kier molecular flexibility index (Phi) is 2.64. The summed E-state index contributed by atoms with van der Waals surface area (Å²) in [5.41, 5.74) is 6.70. The standard InChI is InChI=1S/C12H9FN2O/c13-10-4-9(6-15-7-10)12(16)8-2-1-3-11(14)5-8/h1-7H,14H2. The van der Waals surface area contributed by atoms with Gasteiger partial charge in [0.1, 0.15) is 5.82 Å². The van der Waals surface area contributed by atoms with Crippen LogP contribution < -0.4 is 5.73 Å². The zero-order chi connectivity index (χ0) is 11.5. The summed E-state index contributed by atoms with van der Waals surface area (Å²) in [6.07, 6.45) is 2.38. The monoisotopic (exact) mass is 216 g/mol. The smallest absolute Gasteiger partial charge is 0.194 e. The van der Waals surface area contributed by atoms with E-state index in [0.717, 1.165) is 12.3 Å². The van der Waals surface area contributed by atoms with Gasteiger partial charge >= 0.3 is 0 Å². The third-order valence-corrected chi connectivity index (χ3v) is 2.12. The molecule has 1 heterocycles. The Morgan fingerprint density at radius 3 is 2.69 bits per heavy atom. The van der Waals surface area contributed by atoms with E-state index in [1.54, 1.807) is 24.3 Å². The minimum Gasteiger partial charge on any atom is -0.399 e. The molecule has 3 nitrogen and oxygen atoms in total. The van der Waals surface area contributed by atoms with Crippen molar-refractivity contribution in [1.29, 1.82) is 0 Å². The van der Waals surface area contributed by atoms with Gasteiger partial charge in [0, 0.05) is 23.0 Å². The van der Waals surface area contributed by atoms with Gasteiger partial charge in [0.2, 0.25) is 0 Å². The number of benzene rings is 1. The minimum absolute atomic E-state index is 0.214. The zero-order valence-corrected chi connectivity index (χ0v) is 8.35. The third kappa shape index (κ3) is 2.06. The molecule has 2 aromatic rings. The first kappa shape index (κ1) is 10.3. The molecule has 2 rings (SSSR count). The van der Waals surface area contributed by atoms with Crippen molar-refractivity contribution in [1.82, 2.24) is 4.98 Å². The van der Waals surface area contributed by atoms with Crippen LogP contribution in [0.25, 0.3) is 0 Å². The van der Waals surface area contributed by atoms with Gasteiger partial charge in [-0.25, -0.2) is 4.39 Å². The van der Waals surface area contributed by atoms with Crippen molar-refractivity contribution in [2.24, 2.45) is 0 Å². The Hall–Kier alpha value is -2.23. The number of nitrogen functional groups attached to an aromatic ring is 1. The first-order valence-corrected chi connectivity index (χ1v) is 4.67. The number of nitrogens with two attached hydrogens (primary N) is 1. The van der Waals surface area contributed by atoms with Crippen molar-refractivity contribution in [2.45, 2.75) is 0 Å². The van der Waals surface area contributed by atoms with Crippen molar-refractivity contribution in [3.8, 4) is 0 Å². The van der Waals surface area contributed by atoms with Gasteiger partial charge in [-0.05, 0) is 18.2 Å². The molecular weight excluding hydrogens is 207 g/mol. The number of hydrogen-bond donors (Lipinski definition) is 1. The molecule has 0 amide bonds. The quantitative estimate of drug-likeness (QED) is 0.617. The second-order valence-electron chi connectivity index (χ2n) is 3.35. The van der Waals surface area contributed by atoms with E-state index in [2.05, 4.69) is 4.98 Å². The molecule has 0 unspecified atom stereocenters. The molecule has 1 aromatic heterocycles. The lowest BCUT2D eigenvalue weighted by atomic mass is 10.0. The summed E-state index contributed by atoms with van der Waals surface area (Å²) in [4.78, 5) is 15.5. The Balaban J connectivity index is 2.39. The van der Waals surface area contributed by atoms with Gasteiger partial charge in [-0.15, -0.1) is 0 Å². The lowest BCUT2D eigenvalue weighted by molar-refractivity contribution is 0.103. The maximum Gasteiger partial charge on any atom is 0.194 e. The van der Waals surface area contributed by atoms with Gasteiger partial charge in [-0.3, -0.25) is 9.78 Å². The second kappa shape index (κ2) is 4.10. The van der Waals surface area contributed by atoms with Crippen LogP contribution in [0, 0.1) is 5.82 Å². The number of halogens is 1. The van der Waals surface area contributed by atoms with Crippen LogP contribution in [0.15, 0.2) is 42.7 Å². The van der Waals surface area contributed by atoms with Gasteiger partial charge in [0.25, 0.3) is 0 Å². The minimum atomic E-state index is -0.533. The molecule has 0 aliphatic heterocycles. The number of carbonyl (C=O) groups excluding carboxylic acids is 1. The second-order valence-corrected chi connectivity index (χ2v) is 3.35. The lowest BCUT2D eigenvalue weighted by Crippen LogP contribution is -2.03. The maximum absolute atomic E-state index is 12.9. The van der Waals surface area contributed by atoms with Crippen LogP contribution >= 0.6 is 0 Å². The fourth-order valence-electron chi connectivity index (χ4n) is 1.38. The van der Waals surface area contributed by atoms with Crippen molar-refractivity contribution >= 4 is 11.5 Å². The van der Waals surface area contributed by atoms with Crippen LogP contribution in [0.1, 0.15) is 15.9 Å². The third-order valence-electron chi connectivity index (χ3n) is 2.12. The normalized spacial score (nSPS) is 10.1. The Morgan fingerprint density at radius 1 is 1.19 bits per heavy atom. The Labute approximate surface area is 91.7 Å². The van der Waals surface area contributed by atoms with Gasteiger partial charge in [0.05, 0.1) is 6.20 Å². The number of nitrogens with zero attached hydrogens (tertiary/aromatic N) is 1. The van der Waals surface area contributed by atoms with Gasteiger partial charge in [-0.2, -0.15) is 0 Å². The van der Waals surface area contributed by atoms with Crippen LogP contribution in [0.2, 0.25) is 0 Å². The molecule has 0 bridgehead atoms. The summed E-state index contributed by atoms with van der Waals surface area (Å²) >= 11 is 0. The molecule has 16 heavy (non-hydrogen) atoms. The highest BCUT2D eigenvalue weighted by Crippen LogP contribution is 2.12. The number of ketones is 1. The number of carbonyl (C=O) groups is 1. The van der Waals surface area contributed by atoms with Gasteiger partial charge in [-0.1, -0.05) is 12.1 Å². The molecular formula is C12H9FN2O. The molecule has 0 aliphatic rings. The average Bonchev–Trinajstić information content (AvgIpc) is 2.28. The molecule has 0 spiro atoms. The largest absolute Gasteiger partial charge is 0.399 e. The molecule has 0 radical (unpaired) electrons. The Morgan fingerprint density at radius 2 is 2.00 bits per heavy atom. The molecule has 4 heteroatoms. The van der Waals surface area contributed by atoms with Crippen LogP contribution in [0.4, 0.5) is 10.1 Å². The average molecular weight is 216 g/mol. The number of aromatic nitrogens is 1. The maximum atomic E-state index is 12.9. The number of hydrogen-bond acceptors (Lipinski definition) is 3. The van der Waals surface area contributed by atoms with E-state index in [4.69, 9.17) is 5.73 Å². The molecule has 0 atom stereocenters. The zero-order valence-electron chi connectivity index (χ0n) is 8.35. The molecule has 0 saturated heterocycles. The van der Waals surface area contributed by atoms with Crippen molar-refractivity contribution < 1.29 is 9.18 Å². The van der Waals surface area contributed by atoms with Crippen molar-refractivity contribution in [3.05, 3.63) is 59.7 Å². The summed E-state index contributed by atoms with van der Waals surface area (Å²) in [5.74, 6) is -0.825. The van der Waals surface area contributed by atoms with Crippen LogP contribution in [0.3, 0.4) is 0 Å². The van der Waals surface area contributed by atoms with E-state index < -0.39 is 5.82 Å². The highest BCUT2D eigenvalue weighted by Gasteiger charge is 2.10. The van der Waals surface area contributed by atoms with E-state index in [-0.39, 0.29) is 11.3 Å². The van der Waals surface area contributed by atoms with Crippen molar-refractivity contribution in [2.75, 3.05) is 5.73 Å². The predicted molar refractivity (Wildman–Crippen MR) is 58.5 cm³/mol. The predicted octanol–water partition coefficient (Wildman–Crippen LogP) is 2.03. The van der Waals surface area contributed by atoms with Gasteiger partial charge < -0.3 is 5.73 Å².